The quantitative estimate of drug-likeness (QED) is 0.141. The highest BCUT2D eigenvalue weighted by molar-refractivity contribution is 6.12. The van der Waals surface area contributed by atoms with Crippen molar-refractivity contribution in [3.63, 3.8) is 0 Å². The van der Waals surface area contributed by atoms with Gasteiger partial charge in [-0.05, 0) is 140 Å². The van der Waals surface area contributed by atoms with E-state index in [0.29, 0.717) is 0 Å². The number of nitrogens with zero attached hydrogens (tertiary/aromatic N) is 3. The van der Waals surface area contributed by atoms with Gasteiger partial charge in [-0.3, -0.25) is 0 Å². The van der Waals surface area contributed by atoms with Crippen LogP contribution in [0.15, 0.2) is 261 Å². The van der Waals surface area contributed by atoms with Gasteiger partial charge in [0.2, 0.25) is 0 Å². The molecule has 0 aliphatic heterocycles. The van der Waals surface area contributed by atoms with Crippen LogP contribution in [0.5, 0.6) is 0 Å². The Hall–Kier alpha value is -8.66. The molecule has 1 atom stereocenters. The van der Waals surface area contributed by atoms with Crippen LogP contribution in [0, 0.1) is 0 Å². The van der Waals surface area contributed by atoms with Gasteiger partial charge in [-0.1, -0.05) is 176 Å². The molecule has 0 N–H and O–H groups in total. The fourth-order valence-electron chi connectivity index (χ4n) is 11.1. The molecule has 322 valence electrons. The summed E-state index contributed by atoms with van der Waals surface area (Å²) in [4.78, 5) is 5.04. The molecule has 1 aromatic heterocycles. The molecule has 1 aliphatic rings. The van der Waals surface area contributed by atoms with Crippen LogP contribution in [-0.2, 0) is 0 Å². The van der Waals surface area contributed by atoms with Crippen LogP contribution >= 0.6 is 0 Å². The average molecular weight is 870 g/mol. The predicted molar refractivity (Wildman–Crippen MR) is 290 cm³/mol. The molecule has 0 spiro atoms. The van der Waals surface area contributed by atoms with Gasteiger partial charge in [0.1, 0.15) is 0 Å². The van der Waals surface area contributed by atoms with Gasteiger partial charge in [-0.25, -0.2) is 0 Å². The SMILES string of the molecule is CC1(N(c2ccccc2)c2ccc3ccccc3c2)C=C(c2ccc3c4ccccc4n(-c4ccc5c(ccc6ccccc65)c4)c3c2)C=C(N(c2ccccc2)c2ccc3ccccc3c2)C1. The Morgan fingerprint density at radius 3 is 1.68 bits per heavy atom. The minimum Gasteiger partial charge on any atom is -0.332 e. The zero-order chi connectivity index (χ0) is 45.2. The van der Waals surface area contributed by atoms with Gasteiger partial charge in [0, 0.05) is 51.3 Å². The van der Waals surface area contributed by atoms with Crippen molar-refractivity contribution < 1.29 is 0 Å². The fraction of sp³-hybridized carbons (Fsp3) is 0.0462. The molecule has 0 bridgehead atoms. The van der Waals surface area contributed by atoms with Crippen molar-refractivity contribution in [2.24, 2.45) is 0 Å². The van der Waals surface area contributed by atoms with Crippen molar-refractivity contribution in [1.82, 2.24) is 4.57 Å². The van der Waals surface area contributed by atoms with E-state index in [4.69, 9.17) is 0 Å². The van der Waals surface area contributed by atoms with Crippen molar-refractivity contribution >= 4 is 93.2 Å². The van der Waals surface area contributed by atoms with Gasteiger partial charge in [0.15, 0.2) is 0 Å². The largest absolute Gasteiger partial charge is 0.332 e. The standard InChI is InChI=1S/C65H47N3/c1-65(68(54-23-6-3-7-24-54)57-34-31-46-17-9-11-20-49(46)39-57)43-52(41-58(44-65)66(53-21-4-2-5-22-53)55-33-30-45-16-8-10-19-48(45)38-55)50-32-36-62-61-26-14-15-27-63(61)67(64(62)42-50)56-35-37-60-51(40-56)29-28-47-18-12-13-25-59(47)60/h2-43H,44H2,1H3. The first-order chi connectivity index (χ1) is 33.5. The second kappa shape index (κ2) is 16.0. The Kier molecular flexibility index (Phi) is 9.36. The number of fused-ring (bicyclic) bond motifs is 8. The molecular formula is C65H47N3. The number of hydrogen-bond acceptors (Lipinski definition) is 2. The molecule has 1 unspecified atom stereocenters. The van der Waals surface area contributed by atoms with E-state index < -0.39 is 5.54 Å². The monoisotopic (exact) mass is 869 g/mol. The number of para-hydroxylation sites is 3. The number of anilines is 4. The molecule has 0 saturated carbocycles. The van der Waals surface area contributed by atoms with E-state index >= 15 is 0 Å². The smallest absolute Gasteiger partial charge is 0.0669 e. The lowest BCUT2D eigenvalue weighted by Gasteiger charge is -2.46. The molecule has 1 aliphatic carbocycles. The zero-order valence-corrected chi connectivity index (χ0v) is 37.8. The van der Waals surface area contributed by atoms with Crippen LogP contribution in [0.3, 0.4) is 0 Å². The highest BCUT2D eigenvalue weighted by Gasteiger charge is 2.38. The van der Waals surface area contributed by atoms with Crippen molar-refractivity contribution in [2.45, 2.75) is 18.9 Å². The summed E-state index contributed by atoms with van der Waals surface area (Å²) in [5.74, 6) is 0. The lowest BCUT2D eigenvalue weighted by molar-refractivity contribution is 0.552. The first-order valence-corrected chi connectivity index (χ1v) is 23.6. The summed E-state index contributed by atoms with van der Waals surface area (Å²) in [6, 6.07) is 89.0. The number of aromatic nitrogens is 1. The second-order valence-electron chi connectivity index (χ2n) is 18.5. The summed E-state index contributed by atoms with van der Waals surface area (Å²) in [7, 11) is 0. The Bertz CT molecular complexity index is 3970. The maximum Gasteiger partial charge on any atom is 0.0669 e. The molecule has 0 amide bonds. The van der Waals surface area contributed by atoms with Gasteiger partial charge in [0.05, 0.1) is 16.6 Å². The van der Waals surface area contributed by atoms with E-state index in [1.54, 1.807) is 0 Å². The molecule has 13 rings (SSSR count). The summed E-state index contributed by atoms with van der Waals surface area (Å²) in [5.41, 5.74) is 11.0. The van der Waals surface area contributed by atoms with Gasteiger partial charge in [0.25, 0.3) is 0 Å². The summed E-state index contributed by atoms with van der Waals surface area (Å²) in [5, 5.41) is 12.4. The van der Waals surface area contributed by atoms with Crippen LogP contribution in [0.1, 0.15) is 18.9 Å². The molecule has 12 aromatic rings. The van der Waals surface area contributed by atoms with E-state index in [1.807, 2.05) is 0 Å². The highest BCUT2D eigenvalue weighted by Crippen LogP contribution is 2.47. The van der Waals surface area contributed by atoms with Crippen LogP contribution in [0.25, 0.3) is 76.2 Å². The first kappa shape index (κ1) is 39.7. The van der Waals surface area contributed by atoms with E-state index in [-0.39, 0.29) is 0 Å². The van der Waals surface area contributed by atoms with Crippen LogP contribution in [0.4, 0.5) is 22.7 Å². The van der Waals surface area contributed by atoms with Gasteiger partial charge in [-0.2, -0.15) is 0 Å². The maximum atomic E-state index is 2.56. The number of benzene rings is 11. The van der Waals surface area contributed by atoms with E-state index in [1.165, 1.54) is 76.2 Å². The topological polar surface area (TPSA) is 11.4 Å². The third-order valence-corrected chi connectivity index (χ3v) is 14.1. The van der Waals surface area contributed by atoms with Crippen LogP contribution in [0.2, 0.25) is 0 Å². The molecule has 68 heavy (non-hydrogen) atoms. The van der Waals surface area contributed by atoms with Crippen LogP contribution in [-0.4, -0.2) is 10.1 Å². The summed E-state index contributed by atoms with van der Waals surface area (Å²) < 4.78 is 2.46. The Balaban J connectivity index is 1.05. The van der Waals surface area contributed by atoms with E-state index in [9.17, 15) is 0 Å². The van der Waals surface area contributed by atoms with Gasteiger partial charge in [-0.15, -0.1) is 0 Å². The molecule has 0 radical (unpaired) electrons. The summed E-state index contributed by atoms with van der Waals surface area (Å²) in [6.07, 6.45) is 5.70. The van der Waals surface area contributed by atoms with E-state index in [0.717, 1.165) is 40.4 Å². The molecular weight excluding hydrogens is 823 g/mol. The third kappa shape index (κ3) is 6.74. The average Bonchev–Trinajstić information content (AvgIpc) is 3.72. The number of rotatable bonds is 8. The van der Waals surface area contributed by atoms with Crippen molar-refractivity contribution in [1.29, 1.82) is 0 Å². The Morgan fingerprint density at radius 1 is 0.382 bits per heavy atom. The summed E-state index contributed by atoms with van der Waals surface area (Å²) >= 11 is 0. The van der Waals surface area contributed by atoms with E-state index in [2.05, 4.69) is 276 Å². The molecule has 0 saturated heterocycles. The Morgan fingerprint density at radius 2 is 0.926 bits per heavy atom. The normalized spacial score (nSPS) is 15.0. The molecule has 3 nitrogen and oxygen atoms in total. The molecule has 11 aromatic carbocycles. The molecule has 1 heterocycles. The van der Waals surface area contributed by atoms with Crippen molar-refractivity contribution in [3.8, 4) is 5.69 Å². The Labute approximate surface area is 396 Å². The van der Waals surface area contributed by atoms with Crippen molar-refractivity contribution in [3.05, 3.63) is 266 Å². The minimum absolute atomic E-state index is 0.532. The van der Waals surface area contributed by atoms with Gasteiger partial charge >= 0.3 is 0 Å². The first-order valence-electron chi connectivity index (χ1n) is 23.6. The van der Waals surface area contributed by atoms with Crippen LogP contribution < -0.4 is 9.80 Å². The highest BCUT2D eigenvalue weighted by atomic mass is 15.2. The van der Waals surface area contributed by atoms with Crippen molar-refractivity contribution in [2.75, 3.05) is 9.80 Å². The maximum absolute atomic E-state index is 2.56. The lowest BCUT2D eigenvalue weighted by Crippen LogP contribution is -2.45. The zero-order valence-electron chi connectivity index (χ0n) is 37.8. The predicted octanol–water partition coefficient (Wildman–Crippen LogP) is 17.5. The van der Waals surface area contributed by atoms with Gasteiger partial charge < -0.3 is 14.4 Å². The molecule has 0 fully saturated rings. The lowest BCUT2D eigenvalue weighted by atomic mass is 9.82. The summed E-state index contributed by atoms with van der Waals surface area (Å²) in [6.45, 7) is 2.42. The second-order valence-corrected chi connectivity index (χ2v) is 18.5. The number of hydrogen-bond donors (Lipinski definition) is 0. The minimum atomic E-state index is -0.532. The molecule has 3 heteroatoms. The third-order valence-electron chi connectivity index (χ3n) is 14.1. The number of allylic oxidation sites excluding steroid dienone is 2. The fourth-order valence-corrected chi connectivity index (χ4v) is 11.1.